The number of thioether (sulfide) groups is 1. The van der Waals surface area contributed by atoms with Crippen molar-refractivity contribution < 1.29 is 14.3 Å². The molecule has 2 amide bonds. The minimum Gasteiger partial charge on any atom is -0.467 e. The van der Waals surface area contributed by atoms with Crippen molar-refractivity contribution in [2.45, 2.75) is 12.5 Å². The van der Waals surface area contributed by atoms with Crippen molar-refractivity contribution in [2.24, 2.45) is 0 Å². The van der Waals surface area contributed by atoms with Gasteiger partial charge in [0.15, 0.2) is 0 Å². The van der Waals surface area contributed by atoms with E-state index >= 15 is 0 Å². The van der Waals surface area contributed by atoms with E-state index in [0.29, 0.717) is 22.2 Å². The lowest BCUT2D eigenvalue weighted by atomic mass is 10.2. The van der Waals surface area contributed by atoms with Gasteiger partial charge < -0.3 is 15.4 Å². The van der Waals surface area contributed by atoms with E-state index in [9.17, 15) is 9.59 Å². The zero-order valence-electron chi connectivity index (χ0n) is 11.6. The van der Waals surface area contributed by atoms with Gasteiger partial charge in [-0.3, -0.25) is 0 Å². The summed E-state index contributed by atoms with van der Waals surface area (Å²) in [7, 11) is 1.28. The maximum absolute atomic E-state index is 11.9. The maximum atomic E-state index is 11.9. The van der Waals surface area contributed by atoms with Crippen LogP contribution in [0.5, 0.6) is 0 Å². The zero-order chi connectivity index (χ0) is 15.8. The topological polar surface area (TPSA) is 67.4 Å². The van der Waals surface area contributed by atoms with Gasteiger partial charge in [-0.15, -0.1) is 0 Å². The van der Waals surface area contributed by atoms with Gasteiger partial charge in [0, 0.05) is 15.7 Å². The van der Waals surface area contributed by atoms with Crippen LogP contribution in [0.3, 0.4) is 0 Å². The molecule has 0 bridgehead atoms. The van der Waals surface area contributed by atoms with Crippen LogP contribution >= 0.6 is 35.0 Å². The van der Waals surface area contributed by atoms with Crippen molar-refractivity contribution in [3.8, 4) is 0 Å². The molecule has 0 aliphatic carbocycles. The summed E-state index contributed by atoms with van der Waals surface area (Å²) in [5.41, 5.74) is 0.443. The number of hydrogen-bond acceptors (Lipinski definition) is 4. The summed E-state index contributed by atoms with van der Waals surface area (Å²) < 4.78 is 4.67. The van der Waals surface area contributed by atoms with Gasteiger partial charge in [-0.05, 0) is 36.6 Å². The Hall–Kier alpha value is -1.11. The number of urea groups is 1. The number of carbonyl (C=O) groups is 2. The van der Waals surface area contributed by atoms with E-state index in [0.717, 1.165) is 5.75 Å². The molecule has 1 aromatic rings. The first-order chi connectivity index (χ1) is 9.96. The lowest BCUT2D eigenvalue weighted by Crippen LogP contribution is -2.44. The second-order valence-corrected chi connectivity index (χ2v) is 5.97. The van der Waals surface area contributed by atoms with E-state index in [1.807, 2.05) is 6.26 Å². The van der Waals surface area contributed by atoms with Gasteiger partial charge in [0.25, 0.3) is 0 Å². The number of methoxy groups -OCH3 is 1. The van der Waals surface area contributed by atoms with Crippen LogP contribution in [-0.2, 0) is 9.53 Å². The largest absolute Gasteiger partial charge is 0.467 e. The van der Waals surface area contributed by atoms with Crippen LogP contribution in [0.25, 0.3) is 0 Å². The summed E-state index contributed by atoms with van der Waals surface area (Å²) in [5, 5.41) is 5.96. The highest BCUT2D eigenvalue weighted by Crippen LogP contribution is 2.22. The second-order valence-electron chi connectivity index (χ2n) is 4.11. The molecule has 8 heteroatoms. The van der Waals surface area contributed by atoms with Crippen LogP contribution in [-0.4, -0.2) is 37.2 Å². The molecule has 0 aliphatic heterocycles. The monoisotopic (exact) mass is 350 g/mol. The van der Waals surface area contributed by atoms with Crippen molar-refractivity contribution in [3.05, 3.63) is 28.2 Å². The molecule has 1 atom stereocenters. The Balaban J connectivity index is 2.66. The molecule has 0 aromatic heterocycles. The summed E-state index contributed by atoms with van der Waals surface area (Å²) in [6, 6.07) is 3.45. The van der Waals surface area contributed by atoms with Gasteiger partial charge >= 0.3 is 12.0 Å². The number of benzene rings is 1. The number of carbonyl (C=O) groups excluding carboxylic acids is 2. The highest BCUT2D eigenvalue weighted by atomic mass is 35.5. The number of ether oxygens (including phenoxy) is 1. The van der Waals surface area contributed by atoms with E-state index in [1.54, 1.807) is 30.0 Å². The Morgan fingerprint density at radius 1 is 1.29 bits per heavy atom. The quantitative estimate of drug-likeness (QED) is 0.771. The van der Waals surface area contributed by atoms with Gasteiger partial charge in [0.05, 0.1) is 7.11 Å². The normalized spacial score (nSPS) is 11.6. The Morgan fingerprint density at radius 3 is 2.43 bits per heavy atom. The molecule has 0 saturated carbocycles. The number of esters is 1. The maximum Gasteiger partial charge on any atom is 0.328 e. The number of anilines is 1. The first-order valence-corrected chi connectivity index (χ1v) is 8.21. The van der Waals surface area contributed by atoms with Crippen LogP contribution < -0.4 is 10.6 Å². The molecule has 0 unspecified atom stereocenters. The van der Waals surface area contributed by atoms with Gasteiger partial charge in [-0.1, -0.05) is 23.2 Å². The third kappa shape index (κ3) is 6.46. The lowest BCUT2D eigenvalue weighted by molar-refractivity contribution is -0.142. The summed E-state index contributed by atoms with van der Waals surface area (Å²) in [4.78, 5) is 23.5. The lowest BCUT2D eigenvalue weighted by Gasteiger charge is -2.16. The van der Waals surface area contributed by atoms with E-state index in [2.05, 4.69) is 15.4 Å². The van der Waals surface area contributed by atoms with Crippen LogP contribution in [0.4, 0.5) is 10.5 Å². The highest BCUT2D eigenvalue weighted by molar-refractivity contribution is 7.98. The molecule has 1 aromatic carbocycles. The van der Waals surface area contributed by atoms with Crippen molar-refractivity contribution in [1.82, 2.24) is 5.32 Å². The van der Waals surface area contributed by atoms with Gasteiger partial charge in [-0.2, -0.15) is 11.8 Å². The number of hydrogen-bond donors (Lipinski definition) is 2. The summed E-state index contributed by atoms with van der Waals surface area (Å²) >= 11 is 13.3. The van der Waals surface area contributed by atoms with Crippen LogP contribution in [0.2, 0.25) is 10.0 Å². The van der Waals surface area contributed by atoms with Gasteiger partial charge in [0.1, 0.15) is 6.04 Å². The van der Waals surface area contributed by atoms with E-state index in [1.165, 1.54) is 7.11 Å². The van der Waals surface area contributed by atoms with E-state index in [-0.39, 0.29) is 0 Å². The molecule has 116 valence electrons. The summed E-state index contributed by atoms with van der Waals surface area (Å²) in [5.74, 6) is 0.242. The van der Waals surface area contributed by atoms with Crippen LogP contribution in [0, 0.1) is 0 Å². The van der Waals surface area contributed by atoms with Crippen molar-refractivity contribution >= 4 is 52.7 Å². The average molecular weight is 351 g/mol. The smallest absolute Gasteiger partial charge is 0.328 e. The third-order valence-corrected chi connectivity index (χ3v) is 3.60. The fourth-order valence-electron chi connectivity index (χ4n) is 1.58. The van der Waals surface area contributed by atoms with E-state index < -0.39 is 18.0 Å². The van der Waals surface area contributed by atoms with E-state index in [4.69, 9.17) is 23.2 Å². The van der Waals surface area contributed by atoms with Gasteiger partial charge in [-0.25, -0.2) is 9.59 Å². The Kier molecular flexibility index (Phi) is 7.71. The second kappa shape index (κ2) is 9.02. The Morgan fingerprint density at radius 2 is 1.90 bits per heavy atom. The molecule has 1 rings (SSSR count). The highest BCUT2D eigenvalue weighted by Gasteiger charge is 2.21. The first kappa shape index (κ1) is 17.9. The van der Waals surface area contributed by atoms with Crippen LogP contribution in [0.1, 0.15) is 6.42 Å². The number of rotatable bonds is 6. The molecule has 0 heterocycles. The first-order valence-electron chi connectivity index (χ1n) is 6.06. The standard InChI is InChI=1S/C13H16Cl2N2O3S/c1-20-12(18)11(3-4-21-2)17-13(19)16-10-6-8(14)5-9(15)7-10/h5-7,11H,3-4H2,1-2H3,(H2,16,17,19)/t11-/m0/s1. The molecule has 0 saturated heterocycles. The van der Waals surface area contributed by atoms with Gasteiger partial charge in [0.2, 0.25) is 0 Å². The summed E-state index contributed by atoms with van der Waals surface area (Å²) in [6.45, 7) is 0. The van der Waals surface area contributed by atoms with Crippen LogP contribution in [0.15, 0.2) is 18.2 Å². The third-order valence-electron chi connectivity index (χ3n) is 2.52. The molecular formula is C13H16Cl2N2O3S. The average Bonchev–Trinajstić information content (AvgIpc) is 2.41. The fraction of sp³-hybridized carbons (Fsp3) is 0.385. The fourth-order valence-corrected chi connectivity index (χ4v) is 2.58. The molecule has 21 heavy (non-hydrogen) atoms. The zero-order valence-corrected chi connectivity index (χ0v) is 13.9. The predicted octanol–water partition coefficient (Wildman–Crippen LogP) is 3.41. The minimum atomic E-state index is -0.697. The van der Waals surface area contributed by atoms with Crippen molar-refractivity contribution in [2.75, 3.05) is 24.4 Å². The Bertz CT molecular complexity index is 494. The summed E-state index contributed by atoms with van der Waals surface area (Å²) in [6.07, 6.45) is 2.40. The number of halogens is 2. The number of amides is 2. The predicted molar refractivity (Wildman–Crippen MR) is 87.4 cm³/mol. The minimum absolute atomic E-state index is 0.407. The van der Waals surface area contributed by atoms with Crippen molar-refractivity contribution in [3.63, 3.8) is 0 Å². The molecule has 5 nitrogen and oxygen atoms in total. The Labute approximate surface area is 137 Å². The number of nitrogens with one attached hydrogen (secondary N) is 2. The SMILES string of the molecule is COC(=O)[C@H](CCSC)NC(=O)Nc1cc(Cl)cc(Cl)c1. The molecule has 0 radical (unpaired) electrons. The molecule has 2 N–H and O–H groups in total. The molecular weight excluding hydrogens is 335 g/mol. The molecule has 0 spiro atoms. The molecule has 0 fully saturated rings. The molecule has 0 aliphatic rings. The van der Waals surface area contributed by atoms with Crippen molar-refractivity contribution in [1.29, 1.82) is 0 Å².